The van der Waals surface area contributed by atoms with Crippen LogP contribution in [0.25, 0.3) is 0 Å². The summed E-state index contributed by atoms with van der Waals surface area (Å²) in [4.78, 5) is 23.7. The maximum Gasteiger partial charge on any atom is 0.242 e. The zero-order chi connectivity index (χ0) is 15.8. The van der Waals surface area contributed by atoms with Gasteiger partial charge in [0, 0.05) is 13.5 Å². The van der Waals surface area contributed by atoms with Gasteiger partial charge in [0.1, 0.15) is 0 Å². The zero-order valence-electron chi connectivity index (χ0n) is 12.7. The fourth-order valence-electron chi connectivity index (χ4n) is 2.15. The van der Waals surface area contributed by atoms with Gasteiger partial charge in [-0.1, -0.05) is 60.7 Å². The predicted octanol–water partition coefficient (Wildman–Crippen LogP) is 2.35. The van der Waals surface area contributed by atoms with E-state index in [-0.39, 0.29) is 18.2 Å². The van der Waals surface area contributed by atoms with Crippen LogP contribution in [0.15, 0.2) is 60.7 Å². The topological polar surface area (TPSA) is 49.4 Å². The van der Waals surface area contributed by atoms with E-state index in [4.69, 9.17) is 0 Å². The molecule has 0 aliphatic rings. The molecule has 1 N–H and O–H groups in total. The third-order valence-electron chi connectivity index (χ3n) is 3.31. The number of amides is 2. The SMILES string of the molecule is CC(=O)N(CCc1ccccc1)NC(=O)Cc1ccccc1. The van der Waals surface area contributed by atoms with Gasteiger partial charge in [0.25, 0.3) is 0 Å². The number of hydrogen-bond acceptors (Lipinski definition) is 2. The molecule has 4 nitrogen and oxygen atoms in total. The molecule has 2 rings (SSSR count). The molecular weight excluding hydrogens is 276 g/mol. The first kappa shape index (κ1) is 15.8. The van der Waals surface area contributed by atoms with Crippen LogP contribution in [-0.4, -0.2) is 23.4 Å². The van der Waals surface area contributed by atoms with Crippen LogP contribution >= 0.6 is 0 Å². The van der Waals surface area contributed by atoms with Gasteiger partial charge in [-0.25, -0.2) is 0 Å². The highest BCUT2D eigenvalue weighted by atomic mass is 16.2. The minimum Gasteiger partial charge on any atom is -0.273 e. The molecule has 0 aromatic heterocycles. The van der Waals surface area contributed by atoms with Crippen molar-refractivity contribution in [1.29, 1.82) is 0 Å². The largest absolute Gasteiger partial charge is 0.273 e. The summed E-state index contributed by atoms with van der Waals surface area (Å²) < 4.78 is 0. The van der Waals surface area contributed by atoms with Crippen molar-refractivity contribution in [2.24, 2.45) is 0 Å². The van der Waals surface area contributed by atoms with E-state index >= 15 is 0 Å². The van der Waals surface area contributed by atoms with E-state index in [1.807, 2.05) is 60.7 Å². The van der Waals surface area contributed by atoms with E-state index in [2.05, 4.69) is 5.43 Å². The van der Waals surface area contributed by atoms with Crippen molar-refractivity contribution in [2.75, 3.05) is 6.54 Å². The van der Waals surface area contributed by atoms with Crippen molar-refractivity contribution in [3.63, 3.8) is 0 Å². The number of rotatable bonds is 5. The van der Waals surface area contributed by atoms with Gasteiger partial charge in [-0.05, 0) is 17.5 Å². The van der Waals surface area contributed by atoms with Crippen LogP contribution in [0.2, 0.25) is 0 Å². The Hall–Kier alpha value is -2.62. The smallest absolute Gasteiger partial charge is 0.242 e. The summed E-state index contributed by atoms with van der Waals surface area (Å²) >= 11 is 0. The molecule has 0 spiro atoms. The van der Waals surface area contributed by atoms with Crippen LogP contribution in [0.5, 0.6) is 0 Å². The van der Waals surface area contributed by atoms with Gasteiger partial charge in [-0.15, -0.1) is 0 Å². The molecule has 2 amide bonds. The fourth-order valence-corrected chi connectivity index (χ4v) is 2.15. The van der Waals surface area contributed by atoms with Crippen LogP contribution in [-0.2, 0) is 22.4 Å². The summed E-state index contributed by atoms with van der Waals surface area (Å²) in [6.07, 6.45) is 0.960. The van der Waals surface area contributed by atoms with E-state index in [0.717, 1.165) is 11.1 Å². The van der Waals surface area contributed by atoms with Crippen LogP contribution in [0.3, 0.4) is 0 Å². The number of hydrazine groups is 1. The third-order valence-corrected chi connectivity index (χ3v) is 3.31. The molecule has 0 aliphatic carbocycles. The highest BCUT2D eigenvalue weighted by Gasteiger charge is 2.12. The molecule has 2 aromatic carbocycles. The number of nitrogens with zero attached hydrogens (tertiary/aromatic N) is 1. The van der Waals surface area contributed by atoms with E-state index < -0.39 is 0 Å². The van der Waals surface area contributed by atoms with E-state index in [1.54, 1.807) is 0 Å². The molecular formula is C18H20N2O2. The second kappa shape index (κ2) is 7.98. The maximum absolute atomic E-state index is 12.0. The highest BCUT2D eigenvalue weighted by molar-refractivity contribution is 5.82. The summed E-state index contributed by atoms with van der Waals surface area (Å²) in [5.41, 5.74) is 4.73. The Balaban J connectivity index is 1.88. The van der Waals surface area contributed by atoms with Crippen LogP contribution in [0.1, 0.15) is 18.1 Å². The molecule has 22 heavy (non-hydrogen) atoms. The molecule has 0 unspecified atom stereocenters. The summed E-state index contributed by atoms with van der Waals surface area (Å²) in [5.74, 6) is -0.355. The number of nitrogens with one attached hydrogen (secondary N) is 1. The van der Waals surface area contributed by atoms with Crippen molar-refractivity contribution >= 4 is 11.8 Å². The second-order valence-electron chi connectivity index (χ2n) is 5.10. The maximum atomic E-state index is 12.0. The van der Waals surface area contributed by atoms with Crippen LogP contribution in [0.4, 0.5) is 0 Å². The predicted molar refractivity (Wildman–Crippen MR) is 85.8 cm³/mol. The minimum absolute atomic E-state index is 0.169. The van der Waals surface area contributed by atoms with Crippen molar-refractivity contribution in [3.05, 3.63) is 71.8 Å². The summed E-state index contributed by atoms with van der Waals surface area (Å²) in [5, 5.41) is 1.37. The van der Waals surface area contributed by atoms with Gasteiger partial charge in [0.15, 0.2) is 0 Å². The second-order valence-corrected chi connectivity index (χ2v) is 5.10. The van der Waals surface area contributed by atoms with Crippen molar-refractivity contribution < 1.29 is 9.59 Å². The van der Waals surface area contributed by atoms with Gasteiger partial charge in [0.2, 0.25) is 11.8 Å². The fraction of sp³-hybridized carbons (Fsp3) is 0.222. The van der Waals surface area contributed by atoms with Gasteiger partial charge < -0.3 is 0 Å². The minimum atomic E-state index is -0.186. The van der Waals surface area contributed by atoms with Gasteiger partial charge in [-0.3, -0.25) is 20.0 Å². The lowest BCUT2D eigenvalue weighted by Crippen LogP contribution is -2.46. The number of carbonyl (C=O) groups excluding carboxylic acids is 2. The molecule has 114 valence electrons. The lowest BCUT2D eigenvalue weighted by molar-refractivity contribution is -0.139. The first-order valence-corrected chi connectivity index (χ1v) is 7.30. The molecule has 0 heterocycles. The zero-order valence-corrected chi connectivity index (χ0v) is 12.7. The van der Waals surface area contributed by atoms with Gasteiger partial charge in [-0.2, -0.15) is 0 Å². The molecule has 2 aromatic rings. The Morgan fingerprint density at radius 2 is 1.45 bits per heavy atom. The quantitative estimate of drug-likeness (QED) is 0.861. The molecule has 0 atom stereocenters. The van der Waals surface area contributed by atoms with Gasteiger partial charge >= 0.3 is 0 Å². The Bertz CT molecular complexity index is 611. The standard InChI is InChI=1S/C18H20N2O2/c1-15(21)20(13-12-16-8-4-2-5-9-16)19-18(22)14-17-10-6-3-7-11-17/h2-11H,12-14H2,1H3,(H,19,22). The third kappa shape index (κ3) is 5.05. The molecule has 0 bridgehead atoms. The first-order chi connectivity index (χ1) is 10.6. The highest BCUT2D eigenvalue weighted by Crippen LogP contribution is 2.02. The van der Waals surface area contributed by atoms with Crippen molar-refractivity contribution in [3.8, 4) is 0 Å². The lowest BCUT2D eigenvalue weighted by atomic mass is 10.1. The summed E-state index contributed by atoms with van der Waals surface area (Å²) in [7, 11) is 0. The van der Waals surface area contributed by atoms with Crippen molar-refractivity contribution in [2.45, 2.75) is 19.8 Å². The van der Waals surface area contributed by atoms with E-state index in [0.29, 0.717) is 13.0 Å². The van der Waals surface area contributed by atoms with E-state index in [1.165, 1.54) is 11.9 Å². The van der Waals surface area contributed by atoms with Crippen LogP contribution < -0.4 is 5.43 Å². The van der Waals surface area contributed by atoms with Gasteiger partial charge in [0.05, 0.1) is 6.42 Å². The van der Waals surface area contributed by atoms with Crippen LogP contribution in [0, 0.1) is 0 Å². The molecule has 0 fully saturated rings. The van der Waals surface area contributed by atoms with Crippen molar-refractivity contribution in [1.82, 2.24) is 10.4 Å². The first-order valence-electron chi connectivity index (χ1n) is 7.30. The molecule has 0 aliphatic heterocycles. The monoisotopic (exact) mass is 296 g/mol. The summed E-state index contributed by atoms with van der Waals surface area (Å²) in [6.45, 7) is 1.91. The van der Waals surface area contributed by atoms with E-state index in [9.17, 15) is 9.59 Å². The molecule has 4 heteroatoms. The molecule has 0 saturated carbocycles. The Labute approximate surface area is 130 Å². The molecule has 0 saturated heterocycles. The average molecular weight is 296 g/mol. The number of benzene rings is 2. The lowest BCUT2D eigenvalue weighted by Gasteiger charge is -2.22. The average Bonchev–Trinajstić information content (AvgIpc) is 2.53. The normalized spacial score (nSPS) is 10.0. The Morgan fingerprint density at radius 3 is 2.00 bits per heavy atom. The Morgan fingerprint density at radius 1 is 0.909 bits per heavy atom. The Kier molecular flexibility index (Phi) is 5.72. The number of carbonyl (C=O) groups is 2. The molecule has 0 radical (unpaired) electrons. The summed E-state index contributed by atoms with van der Waals surface area (Å²) in [6, 6.07) is 19.3. The number of hydrogen-bond donors (Lipinski definition) is 1.